The fourth-order valence-corrected chi connectivity index (χ4v) is 4.62. The summed E-state index contributed by atoms with van der Waals surface area (Å²) >= 11 is 0. The first kappa shape index (κ1) is 17.3. The molecule has 1 aliphatic carbocycles. The molecule has 0 amide bonds. The average molecular weight is 379 g/mol. The summed E-state index contributed by atoms with van der Waals surface area (Å²) in [6.45, 7) is 5.16. The predicted molar refractivity (Wildman–Crippen MR) is 104 cm³/mol. The number of fused-ring (bicyclic) bond motifs is 3. The third-order valence-electron chi connectivity index (χ3n) is 5.75. The van der Waals surface area contributed by atoms with E-state index in [9.17, 15) is 9.18 Å². The first-order valence-electron chi connectivity index (χ1n) is 9.63. The van der Waals surface area contributed by atoms with Gasteiger partial charge in [-0.05, 0) is 34.7 Å². The van der Waals surface area contributed by atoms with E-state index in [-0.39, 0.29) is 28.9 Å². The van der Waals surface area contributed by atoms with Crippen molar-refractivity contribution in [2.24, 2.45) is 11.3 Å². The molecule has 0 unspecified atom stereocenters. The Morgan fingerprint density at radius 3 is 2.43 bits per heavy atom. The molecule has 0 bridgehead atoms. The zero-order valence-corrected chi connectivity index (χ0v) is 15.9. The summed E-state index contributed by atoms with van der Waals surface area (Å²) < 4.78 is 25.1. The van der Waals surface area contributed by atoms with Gasteiger partial charge in [0.05, 0.1) is 5.92 Å². The van der Waals surface area contributed by atoms with E-state index in [0.29, 0.717) is 31.1 Å². The first-order chi connectivity index (χ1) is 13.4. The monoisotopic (exact) mass is 379 g/mol. The minimum atomic E-state index is -0.312. The van der Waals surface area contributed by atoms with Gasteiger partial charge in [-0.15, -0.1) is 0 Å². The molecule has 0 saturated heterocycles. The molecule has 0 aromatic heterocycles. The standard InChI is InChI=1S/C23H22FNO3/c1-23(2)11-17-22(18(26)12-23)21(13-3-5-14(24)6-4-13)15-9-19-20(10-16(15)25-17)28-8-7-27-19/h3-6,9-11,21-22,25H,7-8,12H2,1-2H3/t21-,22+/m0/s1. The van der Waals surface area contributed by atoms with Gasteiger partial charge in [0, 0.05) is 29.8 Å². The Morgan fingerprint density at radius 1 is 1.04 bits per heavy atom. The Hall–Kier alpha value is -2.82. The molecule has 2 aliphatic heterocycles. The van der Waals surface area contributed by atoms with Crippen LogP contribution in [0.1, 0.15) is 37.3 Å². The minimum Gasteiger partial charge on any atom is -0.486 e. The number of Topliss-reactive ketones (excluding diaryl/α,β-unsaturated/α-hetero) is 1. The third-order valence-corrected chi connectivity index (χ3v) is 5.75. The van der Waals surface area contributed by atoms with Crippen LogP contribution in [0.5, 0.6) is 11.5 Å². The molecule has 2 aromatic carbocycles. The van der Waals surface area contributed by atoms with E-state index in [0.717, 1.165) is 22.5 Å². The van der Waals surface area contributed by atoms with Crippen molar-refractivity contribution in [3.05, 3.63) is 65.1 Å². The number of nitrogens with one attached hydrogen (secondary N) is 1. The van der Waals surface area contributed by atoms with E-state index in [4.69, 9.17) is 9.47 Å². The van der Waals surface area contributed by atoms with Gasteiger partial charge in [-0.1, -0.05) is 32.1 Å². The first-order valence-corrected chi connectivity index (χ1v) is 9.63. The van der Waals surface area contributed by atoms with E-state index in [1.54, 1.807) is 12.1 Å². The quantitative estimate of drug-likeness (QED) is 0.783. The molecule has 0 fully saturated rings. The van der Waals surface area contributed by atoms with Crippen molar-refractivity contribution in [3.63, 3.8) is 0 Å². The minimum absolute atomic E-state index is 0.192. The number of ether oxygens (including phenoxy) is 2. The van der Waals surface area contributed by atoms with Crippen LogP contribution in [0.2, 0.25) is 0 Å². The Balaban J connectivity index is 1.72. The van der Waals surface area contributed by atoms with Crippen LogP contribution in [0.25, 0.3) is 0 Å². The van der Waals surface area contributed by atoms with Crippen LogP contribution in [-0.4, -0.2) is 19.0 Å². The molecule has 144 valence electrons. The van der Waals surface area contributed by atoms with Gasteiger partial charge in [-0.3, -0.25) is 4.79 Å². The van der Waals surface area contributed by atoms with Crippen molar-refractivity contribution in [3.8, 4) is 11.5 Å². The van der Waals surface area contributed by atoms with Crippen LogP contribution in [0.4, 0.5) is 10.1 Å². The smallest absolute Gasteiger partial charge is 0.163 e. The van der Waals surface area contributed by atoms with E-state index >= 15 is 0 Å². The molecule has 0 saturated carbocycles. The van der Waals surface area contributed by atoms with E-state index in [1.165, 1.54) is 12.1 Å². The highest BCUT2D eigenvalue weighted by molar-refractivity contribution is 5.90. The van der Waals surface area contributed by atoms with Crippen LogP contribution in [0.15, 0.2) is 48.2 Å². The second-order valence-corrected chi connectivity index (χ2v) is 8.45. The maximum atomic E-state index is 13.6. The highest BCUT2D eigenvalue weighted by atomic mass is 19.1. The summed E-state index contributed by atoms with van der Waals surface area (Å²) in [6, 6.07) is 10.4. The largest absolute Gasteiger partial charge is 0.486 e. The molecular formula is C23H22FNO3. The van der Waals surface area contributed by atoms with Gasteiger partial charge in [0.2, 0.25) is 0 Å². The summed E-state index contributed by atoms with van der Waals surface area (Å²) in [7, 11) is 0. The lowest BCUT2D eigenvalue weighted by atomic mass is 9.66. The fraction of sp³-hybridized carbons (Fsp3) is 0.348. The number of allylic oxidation sites excluding steroid dienone is 2. The van der Waals surface area contributed by atoms with Crippen LogP contribution >= 0.6 is 0 Å². The molecule has 2 aromatic rings. The van der Waals surface area contributed by atoms with Crippen molar-refractivity contribution >= 4 is 11.5 Å². The molecule has 3 aliphatic rings. The van der Waals surface area contributed by atoms with Crippen LogP contribution < -0.4 is 14.8 Å². The van der Waals surface area contributed by atoms with Crippen molar-refractivity contribution in [1.29, 1.82) is 0 Å². The molecule has 0 radical (unpaired) electrons. The number of hydrogen-bond acceptors (Lipinski definition) is 4. The van der Waals surface area contributed by atoms with E-state index < -0.39 is 0 Å². The van der Waals surface area contributed by atoms with Crippen LogP contribution in [0, 0.1) is 17.2 Å². The number of carbonyl (C=O) groups is 1. The Morgan fingerprint density at radius 2 is 1.71 bits per heavy atom. The summed E-state index contributed by atoms with van der Waals surface area (Å²) in [5.74, 6) is 0.804. The zero-order valence-electron chi connectivity index (χ0n) is 15.9. The van der Waals surface area contributed by atoms with Gasteiger partial charge < -0.3 is 14.8 Å². The number of hydrogen-bond donors (Lipinski definition) is 1. The summed E-state index contributed by atoms with van der Waals surface area (Å²) in [4.78, 5) is 13.2. The number of rotatable bonds is 1. The Bertz CT molecular complexity index is 994. The summed E-state index contributed by atoms with van der Waals surface area (Å²) in [5.41, 5.74) is 3.52. The predicted octanol–water partition coefficient (Wildman–Crippen LogP) is 4.65. The molecular weight excluding hydrogens is 357 g/mol. The van der Waals surface area contributed by atoms with Crippen molar-refractivity contribution in [1.82, 2.24) is 0 Å². The highest BCUT2D eigenvalue weighted by Crippen LogP contribution is 2.51. The maximum absolute atomic E-state index is 13.6. The van der Waals surface area contributed by atoms with Crippen molar-refractivity contribution < 1.29 is 18.7 Å². The van der Waals surface area contributed by atoms with Crippen molar-refractivity contribution in [2.75, 3.05) is 18.5 Å². The molecule has 5 rings (SSSR count). The molecule has 0 spiro atoms. The average Bonchev–Trinajstić information content (AvgIpc) is 2.64. The van der Waals surface area contributed by atoms with Gasteiger partial charge >= 0.3 is 0 Å². The maximum Gasteiger partial charge on any atom is 0.163 e. The van der Waals surface area contributed by atoms with Gasteiger partial charge in [0.1, 0.15) is 24.8 Å². The lowest BCUT2D eigenvalue weighted by molar-refractivity contribution is -0.124. The lowest BCUT2D eigenvalue weighted by Crippen LogP contribution is -2.39. The highest BCUT2D eigenvalue weighted by Gasteiger charge is 2.44. The number of carbonyl (C=O) groups excluding carboxylic acids is 1. The van der Waals surface area contributed by atoms with Crippen molar-refractivity contribution in [2.45, 2.75) is 26.2 Å². The molecule has 28 heavy (non-hydrogen) atoms. The number of benzene rings is 2. The van der Waals surface area contributed by atoms with E-state index in [1.807, 2.05) is 12.1 Å². The third kappa shape index (κ3) is 2.77. The van der Waals surface area contributed by atoms with E-state index in [2.05, 4.69) is 25.2 Å². The molecule has 5 heteroatoms. The second kappa shape index (κ2) is 6.09. The normalized spacial score (nSPS) is 24.5. The Labute approximate surface area is 163 Å². The van der Waals surface area contributed by atoms with Gasteiger partial charge in [0.25, 0.3) is 0 Å². The number of ketones is 1. The Kier molecular flexibility index (Phi) is 3.76. The van der Waals surface area contributed by atoms with Crippen LogP contribution in [-0.2, 0) is 4.79 Å². The lowest BCUT2D eigenvalue weighted by Gasteiger charge is -2.42. The SMILES string of the molecule is CC1(C)C=C2Nc3cc4c(cc3[C@H](c3ccc(F)cc3)[C@H]2C(=O)C1)OCCO4. The fourth-order valence-electron chi connectivity index (χ4n) is 4.62. The number of anilines is 1. The topological polar surface area (TPSA) is 47.6 Å². The van der Waals surface area contributed by atoms with Crippen LogP contribution in [0.3, 0.4) is 0 Å². The molecule has 1 N–H and O–H groups in total. The molecule has 4 nitrogen and oxygen atoms in total. The van der Waals surface area contributed by atoms with Gasteiger partial charge in [-0.2, -0.15) is 0 Å². The zero-order chi connectivity index (χ0) is 19.5. The molecule has 2 atom stereocenters. The van der Waals surface area contributed by atoms with Gasteiger partial charge in [-0.25, -0.2) is 4.39 Å². The summed E-state index contributed by atoms with van der Waals surface area (Å²) in [5, 5.41) is 3.48. The number of halogens is 1. The second-order valence-electron chi connectivity index (χ2n) is 8.45. The van der Waals surface area contributed by atoms with Gasteiger partial charge in [0.15, 0.2) is 11.5 Å². The molecule has 2 heterocycles. The summed E-state index contributed by atoms with van der Waals surface area (Å²) in [6.07, 6.45) is 2.65.